The van der Waals surface area contributed by atoms with Gasteiger partial charge in [-0.1, -0.05) is 0 Å². The highest BCUT2D eigenvalue weighted by molar-refractivity contribution is 5.74. The third-order valence-electron chi connectivity index (χ3n) is 2.23. The molecule has 1 N–H and O–H groups in total. The quantitative estimate of drug-likeness (QED) is 0.762. The van der Waals surface area contributed by atoms with Gasteiger partial charge in [0.05, 0.1) is 6.54 Å². The van der Waals surface area contributed by atoms with Crippen LogP contribution < -0.4 is 0 Å². The van der Waals surface area contributed by atoms with Gasteiger partial charge in [0.2, 0.25) is 0 Å². The third-order valence-corrected chi connectivity index (χ3v) is 2.23. The van der Waals surface area contributed by atoms with E-state index >= 15 is 0 Å². The molecule has 1 saturated carbocycles. The summed E-state index contributed by atoms with van der Waals surface area (Å²) in [6, 6.07) is -0.989. The zero-order chi connectivity index (χ0) is 10.9. The largest absolute Gasteiger partial charge is 0.480 e. The predicted molar refractivity (Wildman–Crippen MR) is 42.8 cm³/mol. The summed E-state index contributed by atoms with van der Waals surface area (Å²) in [5.41, 5.74) is 0. The number of likely N-dealkylation sites (N-methyl/N-ethyl adjacent to an activating group) is 1. The molecule has 0 heterocycles. The zero-order valence-corrected chi connectivity index (χ0v) is 7.71. The highest BCUT2D eigenvalue weighted by atomic mass is 19.4. The first-order chi connectivity index (χ1) is 6.31. The minimum absolute atomic E-state index is 0.111. The van der Waals surface area contributed by atoms with E-state index in [9.17, 15) is 18.0 Å². The van der Waals surface area contributed by atoms with E-state index < -0.39 is 24.7 Å². The first-order valence-corrected chi connectivity index (χ1v) is 4.31. The van der Waals surface area contributed by atoms with E-state index in [1.54, 1.807) is 0 Å². The van der Waals surface area contributed by atoms with Crippen molar-refractivity contribution < 1.29 is 23.1 Å². The SMILES string of the molecule is CN(CC(F)(F)F)C(C(=O)O)C1CC1. The van der Waals surface area contributed by atoms with Crippen molar-refractivity contribution in [3.63, 3.8) is 0 Å². The summed E-state index contributed by atoms with van der Waals surface area (Å²) in [5.74, 6) is -1.28. The van der Waals surface area contributed by atoms with E-state index in [4.69, 9.17) is 5.11 Å². The van der Waals surface area contributed by atoms with Crippen molar-refractivity contribution in [2.24, 2.45) is 5.92 Å². The highest BCUT2D eigenvalue weighted by Crippen LogP contribution is 2.35. The van der Waals surface area contributed by atoms with Gasteiger partial charge in [0.15, 0.2) is 0 Å². The fraction of sp³-hybridized carbons (Fsp3) is 0.875. The van der Waals surface area contributed by atoms with Crippen LogP contribution in [-0.2, 0) is 4.79 Å². The highest BCUT2D eigenvalue weighted by Gasteiger charge is 2.42. The van der Waals surface area contributed by atoms with Crippen molar-refractivity contribution in [3.8, 4) is 0 Å². The summed E-state index contributed by atoms with van der Waals surface area (Å²) in [6.07, 6.45) is -2.92. The second-order valence-electron chi connectivity index (χ2n) is 3.65. The summed E-state index contributed by atoms with van der Waals surface area (Å²) in [7, 11) is 1.20. The number of nitrogens with zero attached hydrogens (tertiary/aromatic N) is 1. The maximum Gasteiger partial charge on any atom is 0.401 e. The smallest absolute Gasteiger partial charge is 0.401 e. The molecule has 6 heteroatoms. The van der Waals surface area contributed by atoms with Crippen LogP contribution in [0.3, 0.4) is 0 Å². The molecule has 82 valence electrons. The van der Waals surface area contributed by atoms with E-state index in [1.165, 1.54) is 7.05 Å². The van der Waals surface area contributed by atoms with E-state index in [0.29, 0.717) is 12.8 Å². The fourth-order valence-electron chi connectivity index (χ4n) is 1.54. The molecule has 0 aromatic rings. The van der Waals surface area contributed by atoms with Gasteiger partial charge in [-0.2, -0.15) is 13.2 Å². The molecule has 0 aromatic heterocycles. The molecule has 1 unspecified atom stereocenters. The van der Waals surface area contributed by atoms with Crippen LogP contribution in [0.25, 0.3) is 0 Å². The molecule has 1 aliphatic carbocycles. The number of hydrogen-bond donors (Lipinski definition) is 1. The van der Waals surface area contributed by atoms with Crippen molar-refractivity contribution in [1.82, 2.24) is 4.90 Å². The Morgan fingerprint density at radius 1 is 1.57 bits per heavy atom. The number of carboxylic acid groups (broad SMARTS) is 1. The lowest BCUT2D eigenvalue weighted by molar-refractivity contribution is -0.159. The van der Waals surface area contributed by atoms with Crippen molar-refractivity contribution >= 4 is 5.97 Å². The fourth-order valence-corrected chi connectivity index (χ4v) is 1.54. The van der Waals surface area contributed by atoms with Crippen molar-refractivity contribution in [1.29, 1.82) is 0 Å². The second-order valence-corrected chi connectivity index (χ2v) is 3.65. The van der Waals surface area contributed by atoms with Crippen molar-refractivity contribution in [3.05, 3.63) is 0 Å². The van der Waals surface area contributed by atoms with Crippen LogP contribution in [-0.4, -0.2) is 41.8 Å². The third kappa shape index (κ3) is 3.17. The molecule has 1 fully saturated rings. The average molecular weight is 211 g/mol. The molecule has 0 bridgehead atoms. The Hall–Kier alpha value is -0.780. The van der Waals surface area contributed by atoms with Crippen LogP contribution in [0.5, 0.6) is 0 Å². The minimum Gasteiger partial charge on any atom is -0.480 e. The normalized spacial score (nSPS) is 19.8. The van der Waals surface area contributed by atoms with E-state index in [0.717, 1.165) is 4.90 Å². The van der Waals surface area contributed by atoms with Crippen LogP contribution in [0.15, 0.2) is 0 Å². The Balaban J connectivity index is 2.55. The maximum absolute atomic E-state index is 12.0. The standard InChI is InChI=1S/C8H12F3NO2/c1-12(4-8(9,10)11)6(7(13)14)5-2-3-5/h5-6H,2-4H2,1H3,(H,13,14). The number of alkyl halides is 3. The first-order valence-electron chi connectivity index (χ1n) is 4.31. The summed E-state index contributed by atoms with van der Waals surface area (Å²) in [6.45, 7) is -1.17. The average Bonchev–Trinajstić information content (AvgIpc) is 2.65. The molecule has 1 aliphatic rings. The summed E-state index contributed by atoms with van der Waals surface area (Å²) in [5, 5.41) is 8.74. The van der Waals surface area contributed by atoms with Gasteiger partial charge in [0.1, 0.15) is 6.04 Å². The molecule has 14 heavy (non-hydrogen) atoms. The van der Waals surface area contributed by atoms with Crippen LogP contribution in [0.4, 0.5) is 13.2 Å². The van der Waals surface area contributed by atoms with Gasteiger partial charge in [-0.3, -0.25) is 9.69 Å². The topological polar surface area (TPSA) is 40.5 Å². The molecule has 1 atom stereocenters. The Labute approximate surface area is 79.5 Å². The number of rotatable bonds is 4. The molecule has 1 rings (SSSR count). The van der Waals surface area contributed by atoms with Gasteiger partial charge >= 0.3 is 12.1 Å². The zero-order valence-electron chi connectivity index (χ0n) is 7.71. The number of hydrogen-bond acceptors (Lipinski definition) is 2. The lowest BCUT2D eigenvalue weighted by atomic mass is 10.1. The van der Waals surface area contributed by atoms with Crippen LogP contribution in [0.1, 0.15) is 12.8 Å². The predicted octanol–water partition coefficient (Wildman–Crippen LogP) is 1.34. The minimum atomic E-state index is -4.34. The number of aliphatic carboxylic acids is 1. The van der Waals surface area contributed by atoms with Gasteiger partial charge in [0, 0.05) is 0 Å². The Kier molecular flexibility index (Phi) is 3.04. The van der Waals surface area contributed by atoms with E-state index in [2.05, 4.69) is 0 Å². The Bertz CT molecular complexity index is 225. The van der Waals surface area contributed by atoms with Gasteiger partial charge in [0.25, 0.3) is 0 Å². The van der Waals surface area contributed by atoms with E-state index in [-0.39, 0.29) is 5.92 Å². The molecular formula is C8H12F3NO2. The number of carboxylic acids is 1. The van der Waals surface area contributed by atoms with Crippen LogP contribution >= 0.6 is 0 Å². The Morgan fingerprint density at radius 3 is 2.36 bits per heavy atom. The van der Waals surface area contributed by atoms with Gasteiger partial charge in [-0.25, -0.2) is 0 Å². The molecular weight excluding hydrogens is 199 g/mol. The monoisotopic (exact) mass is 211 g/mol. The molecule has 0 radical (unpaired) electrons. The number of halogens is 3. The van der Waals surface area contributed by atoms with Gasteiger partial charge in [-0.15, -0.1) is 0 Å². The molecule has 0 spiro atoms. The maximum atomic E-state index is 12.0. The van der Waals surface area contributed by atoms with Crippen LogP contribution in [0, 0.1) is 5.92 Å². The molecule has 0 aromatic carbocycles. The lowest BCUT2D eigenvalue weighted by Gasteiger charge is -2.25. The summed E-state index contributed by atoms with van der Waals surface area (Å²) >= 11 is 0. The van der Waals surface area contributed by atoms with E-state index in [1.807, 2.05) is 0 Å². The summed E-state index contributed by atoms with van der Waals surface area (Å²) < 4.78 is 35.9. The Morgan fingerprint density at radius 2 is 2.07 bits per heavy atom. The second kappa shape index (κ2) is 3.76. The number of carbonyl (C=O) groups is 1. The van der Waals surface area contributed by atoms with Gasteiger partial charge < -0.3 is 5.11 Å². The molecule has 0 amide bonds. The van der Waals surface area contributed by atoms with Crippen LogP contribution in [0.2, 0.25) is 0 Å². The first kappa shape index (κ1) is 11.3. The molecule has 0 saturated heterocycles. The lowest BCUT2D eigenvalue weighted by Crippen LogP contribution is -2.44. The van der Waals surface area contributed by atoms with Gasteiger partial charge in [-0.05, 0) is 25.8 Å². The molecule has 0 aliphatic heterocycles. The molecule has 3 nitrogen and oxygen atoms in total. The summed E-state index contributed by atoms with van der Waals surface area (Å²) in [4.78, 5) is 11.6. The van der Waals surface area contributed by atoms with Crippen molar-refractivity contribution in [2.45, 2.75) is 25.1 Å². The van der Waals surface area contributed by atoms with Crippen molar-refractivity contribution in [2.75, 3.05) is 13.6 Å².